The Morgan fingerprint density at radius 1 is 1.05 bits per heavy atom. The summed E-state index contributed by atoms with van der Waals surface area (Å²) in [6, 6.07) is 13.6. The molecular formula is C28H25Br3FN3O3. The van der Waals surface area contributed by atoms with Crippen LogP contribution in [0.15, 0.2) is 71.8 Å². The molecule has 3 aromatic carbocycles. The van der Waals surface area contributed by atoms with Crippen molar-refractivity contribution in [3.05, 3.63) is 95.1 Å². The van der Waals surface area contributed by atoms with Crippen LogP contribution in [0.3, 0.4) is 0 Å². The number of aromatic nitrogens is 2. The van der Waals surface area contributed by atoms with E-state index in [4.69, 9.17) is 14.5 Å². The van der Waals surface area contributed by atoms with Crippen LogP contribution in [-0.2, 0) is 12.0 Å². The normalized spacial score (nSPS) is 11.9. The summed E-state index contributed by atoms with van der Waals surface area (Å²) in [7, 11) is 0. The lowest BCUT2D eigenvalue weighted by molar-refractivity contribution is 0.264. The molecule has 0 bridgehead atoms. The maximum absolute atomic E-state index is 14.1. The van der Waals surface area contributed by atoms with E-state index in [1.165, 1.54) is 10.7 Å². The first-order valence-corrected chi connectivity index (χ1v) is 14.2. The van der Waals surface area contributed by atoms with E-state index in [2.05, 4.69) is 52.9 Å². The summed E-state index contributed by atoms with van der Waals surface area (Å²) in [5.41, 5.74) is 0.944. The van der Waals surface area contributed by atoms with Crippen LogP contribution in [0.1, 0.15) is 44.6 Å². The number of benzene rings is 3. The largest absolute Gasteiger partial charge is 0.490 e. The minimum Gasteiger partial charge on any atom is -0.490 e. The molecule has 38 heavy (non-hydrogen) atoms. The highest BCUT2D eigenvalue weighted by atomic mass is 79.9. The van der Waals surface area contributed by atoms with Crippen LogP contribution >= 0.6 is 47.8 Å². The van der Waals surface area contributed by atoms with E-state index in [1.54, 1.807) is 36.5 Å². The molecule has 0 fully saturated rings. The number of hydrogen-bond acceptors (Lipinski definition) is 5. The van der Waals surface area contributed by atoms with Gasteiger partial charge in [0.25, 0.3) is 5.56 Å². The van der Waals surface area contributed by atoms with Gasteiger partial charge in [-0.15, -0.1) is 0 Å². The molecule has 0 saturated heterocycles. The minimum atomic E-state index is -0.448. The molecule has 1 aromatic heterocycles. The molecule has 0 spiro atoms. The summed E-state index contributed by atoms with van der Waals surface area (Å²) in [5, 5.41) is 5.02. The van der Waals surface area contributed by atoms with Crippen molar-refractivity contribution < 1.29 is 13.9 Å². The lowest BCUT2D eigenvalue weighted by Gasteiger charge is -2.21. The molecule has 0 atom stereocenters. The van der Waals surface area contributed by atoms with Crippen LogP contribution in [0.2, 0.25) is 0 Å². The fraction of sp³-hybridized carbons (Fsp3) is 0.250. The molecule has 4 aromatic rings. The third-order valence-corrected chi connectivity index (χ3v) is 8.21. The molecule has 0 unspecified atom stereocenters. The molecule has 1 heterocycles. The van der Waals surface area contributed by atoms with Gasteiger partial charge in [-0.05, 0) is 69.1 Å². The first-order chi connectivity index (χ1) is 18.0. The third-order valence-electron chi connectivity index (χ3n) is 5.58. The molecule has 10 heteroatoms. The number of fused-ring (bicyclic) bond motifs is 1. The van der Waals surface area contributed by atoms with Crippen molar-refractivity contribution in [2.75, 3.05) is 6.61 Å². The molecule has 0 aliphatic rings. The topological polar surface area (TPSA) is 65.7 Å². The van der Waals surface area contributed by atoms with Gasteiger partial charge in [0.1, 0.15) is 18.2 Å². The zero-order chi connectivity index (χ0) is 27.6. The van der Waals surface area contributed by atoms with E-state index >= 15 is 0 Å². The van der Waals surface area contributed by atoms with Gasteiger partial charge in [-0.2, -0.15) is 9.78 Å². The molecule has 0 N–H and O–H groups in total. The number of rotatable bonds is 7. The minimum absolute atomic E-state index is 0.0217. The fourth-order valence-electron chi connectivity index (χ4n) is 3.72. The first-order valence-electron chi connectivity index (χ1n) is 11.8. The average molecular weight is 710 g/mol. The highest BCUT2D eigenvalue weighted by molar-refractivity contribution is 9.13. The maximum Gasteiger partial charge on any atom is 0.282 e. The van der Waals surface area contributed by atoms with Crippen molar-refractivity contribution >= 4 is 64.9 Å². The van der Waals surface area contributed by atoms with Gasteiger partial charge in [-0.1, -0.05) is 54.9 Å². The average Bonchev–Trinajstić information content (AvgIpc) is 2.86. The summed E-state index contributed by atoms with van der Waals surface area (Å²) in [5.74, 6) is 1.05. The summed E-state index contributed by atoms with van der Waals surface area (Å²) < 4.78 is 29.3. The molecular weight excluding hydrogens is 685 g/mol. The van der Waals surface area contributed by atoms with Crippen molar-refractivity contribution in [3.63, 3.8) is 0 Å². The smallest absolute Gasteiger partial charge is 0.282 e. The predicted octanol–water partition coefficient (Wildman–Crippen LogP) is 7.98. The van der Waals surface area contributed by atoms with Crippen molar-refractivity contribution in [2.45, 2.75) is 39.7 Å². The van der Waals surface area contributed by atoms with E-state index in [9.17, 15) is 9.18 Å². The Labute approximate surface area is 245 Å². The highest BCUT2D eigenvalue weighted by Crippen LogP contribution is 2.43. The van der Waals surface area contributed by atoms with Gasteiger partial charge in [0, 0.05) is 25.5 Å². The first kappa shape index (κ1) is 28.4. The van der Waals surface area contributed by atoms with Crippen LogP contribution in [0.5, 0.6) is 11.5 Å². The fourth-order valence-corrected chi connectivity index (χ4v) is 5.02. The molecule has 198 valence electrons. The van der Waals surface area contributed by atoms with Gasteiger partial charge in [-0.3, -0.25) is 4.79 Å². The Morgan fingerprint density at radius 2 is 1.79 bits per heavy atom. The van der Waals surface area contributed by atoms with Crippen LogP contribution in [0.4, 0.5) is 4.39 Å². The highest BCUT2D eigenvalue weighted by Gasteiger charge is 2.23. The second-order valence-electron chi connectivity index (χ2n) is 9.44. The zero-order valence-corrected chi connectivity index (χ0v) is 25.9. The molecule has 0 radical (unpaired) electrons. The lowest BCUT2D eigenvalue weighted by Crippen LogP contribution is -2.29. The standard InChI is InChI=1S/C28H25Br3FN3O3/c1-5-37-22-12-17(23(30)24(31)25(22)38-15-16-8-6-7-9-20(16)32)14-33-35-26(36)19-13-18(29)10-11-21(19)34-27(35)28(2,3)4/h6-14H,5,15H2,1-4H3. The third kappa shape index (κ3) is 6.02. The second kappa shape index (κ2) is 11.7. The van der Waals surface area contributed by atoms with E-state index < -0.39 is 5.41 Å². The van der Waals surface area contributed by atoms with Crippen LogP contribution in [0.25, 0.3) is 10.9 Å². The van der Waals surface area contributed by atoms with Gasteiger partial charge in [-0.25, -0.2) is 9.37 Å². The Kier molecular flexibility index (Phi) is 8.74. The van der Waals surface area contributed by atoms with Gasteiger partial charge in [0.15, 0.2) is 11.5 Å². The molecule has 4 rings (SSSR count). The Morgan fingerprint density at radius 3 is 2.47 bits per heavy atom. The van der Waals surface area contributed by atoms with Gasteiger partial charge < -0.3 is 9.47 Å². The predicted molar refractivity (Wildman–Crippen MR) is 159 cm³/mol. The zero-order valence-electron chi connectivity index (χ0n) is 21.2. The van der Waals surface area contributed by atoms with Gasteiger partial charge >= 0.3 is 0 Å². The SMILES string of the molecule is CCOc1cc(C=Nn2c(C(C)(C)C)nc3ccc(Br)cc3c2=O)c(Br)c(Br)c1OCc1ccccc1F. The van der Waals surface area contributed by atoms with Crippen LogP contribution < -0.4 is 15.0 Å². The number of ether oxygens (including phenoxy) is 2. The van der Waals surface area contributed by atoms with E-state index in [0.717, 1.165) is 4.47 Å². The molecule has 0 aliphatic heterocycles. The maximum atomic E-state index is 14.1. The van der Waals surface area contributed by atoms with Crippen LogP contribution in [-0.4, -0.2) is 22.5 Å². The number of hydrogen-bond donors (Lipinski definition) is 0. The van der Waals surface area contributed by atoms with Crippen molar-refractivity contribution in [3.8, 4) is 11.5 Å². The molecule has 6 nitrogen and oxygen atoms in total. The van der Waals surface area contributed by atoms with E-state index in [0.29, 0.717) is 54.9 Å². The van der Waals surface area contributed by atoms with Crippen LogP contribution in [0, 0.1) is 5.82 Å². The summed E-state index contributed by atoms with van der Waals surface area (Å²) in [6.07, 6.45) is 1.57. The van der Waals surface area contributed by atoms with E-state index in [-0.39, 0.29) is 18.0 Å². The molecule has 0 amide bonds. The Bertz CT molecular complexity index is 1600. The Hall–Kier alpha value is -2.56. The van der Waals surface area contributed by atoms with Crippen molar-refractivity contribution in [1.82, 2.24) is 9.66 Å². The quantitative estimate of drug-likeness (QED) is 0.183. The van der Waals surface area contributed by atoms with Gasteiger partial charge in [0.2, 0.25) is 0 Å². The van der Waals surface area contributed by atoms with Gasteiger partial charge in [0.05, 0.1) is 28.2 Å². The second-order valence-corrected chi connectivity index (χ2v) is 11.9. The monoisotopic (exact) mass is 707 g/mol. The molecule has 0 saturated carbocycles. The summed E-state index contributed by atoms with van der Waals surface area (Å²) in [6.45, 7) is 8.21. The summed E-state index contributed by atoms with van der Waals surface area (Å²) in [4.78, 5) is 18.2. The van der Waals surface area contributed by atoms with E-state index in [1.807, 2.05) is 39.8 Å². The number of halogens is 4. The number of nitrogens with zero attached hydrogens (tertiary/aromatic N) is 3. The van der Waals surface area contributed by atoms with Crippen molar-refractivity contribution in [2.24, 2.45) is 5.10 Å². The lowest BCUT2D eigenvalue weighted by atomic mass is 9.95. The summed E-state index contributed by atoms with van der Waals surface area (Å²) >= 11 is 10.6. The molecule has 0 aliphatic carbocycles. The Balaban J connectivity index is 1.79. The van der Waals surface area contributed by atoms with Crippen molar-refractivity contribution in [1.29, 1.82) is 0 Å².